The maximum absolute atomic E-state index is 13.7. The number of benzene rings is 2. The summed E-state index contributed by atoms with van der Waals surface area (Å²) in [6.45, 7) is 7.15. The van der Waals surface area contributed by atoms with E-state index in [0.717, 1.165) is 5.52 Å². The summed E-state index contributed by atoms with van der Waals surface area (Å²) in [5.74, 6) is 0.157. The molecule has 1 aromatic heterocycles. The Kier molecular flexibility index (Phi) is 7.63. The number of aromatic nitrogens is 2. The van der Waals surface area contributed by atoms with Gasteiger partial charge in [-0.15, -0.1) is 0 Å². The van der Waals surface area contributed by atoms with Crippen molar-refractivity contribution in [1.82, 2.24) is 19.2 Å². The molecule has 0 radical (unpaired) electrons. The van der Waals surface area contributed by atoms with Crippen LogP contribution in [0.1, 0.15) is 38.6 Å². The first-order valence-electron chi connectivity index (χ1n) is 10.8. The Balaban J connectivity index is 1.75. The Hall–Kier alpha value is -2.78. The predicted octanol–water partition coefficient (Wildman–Crippen LogP) is 3.47. The van der Waals surface area contributed by atoms with Gasteiger partial charge in [-0.1, -0.05) is 32.0 Å². The highest BCUT2D eigenvalue weighted by molar-refractivity contribution is 7.89. The van der Waals surface area contributed by atoms with Crippen molar-refractivity contribution in [3.63, 3.8) is 0 Å². The van der Waals surface area contributed by atoms with Crippen molar-refractivity contribution < 1.29 is 17.6 Å². The molecule has 0 spiro atoms. The summed E-state index contributed by atoms with van der Waals surface area (Å²) < 4.78 is 42.8. The van der Waals surface area contributed by atoms with E-state index in [-0.39, 0.29) is 29.6 Å². The number of amides is 1. The summed E-state index contributed by atoms with van der Waals surface area (Å²) in [5, 5.41) is 2.73. The summed E-state index contributed by atoms with van der Waals surface area (Å²) in [5.41, 5.74) is 1.85. The number of carbonyl (C=O) groups is 1. The third kappa shape index (κ3) is 4.99. The molecule has 1 heterocycles. The van der Waals surface area contributed by atoms with Crippen molar-refractivity contribution in [2.24, 2.45) is 0 Å². The lowest BCUT2D eigenvalue weighted by Gasteiger charge is -2.18. The highest BCUT2D eigenvalue weighted by Crippen LogP contribution is 2.23. The normalized spacial score (nSPS) is 11.9. The lowest BCUT2D eigenvalue weighted by Crippen LogP contribution is -2.30. The van der Waals surface area contributed by atoms with E-state index < -0.39 is 10.0 Å². The van der Waals surface area contributed by atoms with E-state index in [9.17, 15) is 17.6 Å². The number of carbonyl (C=O) groups excluding carboxylic acids is 1. The molecule has 0 aliphatic rings. The van der Waals surface area contributed by atoms with Crippen molar-refractivity contribution in [3.05, 3.63) is 59.7 Å². The van der Waals surface area contributed by atoms with Crippen LogP contribution in [-0.2, 0) is 34.3 Å². The fourth-order valence-electron chi connectivity index (χ4n) is 3.73. The summed E-state index contributed by atoms with van der Waals surface area (Å²) in [6.07, 6.45) is 0.589. The van der Waals surface area contributed by atoms with E-state index >= 15 is 0 Å². The maximum atomic E-state index is 13.7. The minimum Gasteiger partial charge on any atom is -0.352 e. The molecule has 0 saturated heterocycles. The standard InChI is InChI=1S/C23H29FN4O3S/c1-4-27(5-2)32(30,31)18-11-12-21-20(15-18)26-22(28(21)6-3)13-14-23(29)25-16-17-9-7-8-10-19(17)24/h7-12,15H,4-6,13-14,16H2,1-3H3,(H,25,29). The molecule has 2 aromatic carbocycles. The van der Waals surface area contributed by atoms with Gasteiger partial charge in [0, 0.05) is 44.6 Å². The first kappa shape index (κ1) is 23.9. The zero-order valence-corrected chi connectivity index (χ0v) is 19.5. The number of rotatable bonds is 10. The molecule has 3 aromatic rings. The fourth-order valence-corrected chi connectivity index (χ4v) is 5.20. The molecular weight excluding hydrogens is 431 g/mol. The number of sulfonamides is 1. The average Bonchev–Trinajstić information content (AvgIpc) is 3.14. The smallest absolute Gasteiger partial charge is 0.243 e. The van der Waals surface area contributed by atoms with Crippen LogP contribution in [-0.4, -0.2) is 41.3 Å². The van der Waals surface area contributed by atoms with Gasteiger partial charge >= 0.3 is 0 Å². The molecule has 0 unspecified atom stereocenters. The second kappa shape index (κ2) is 10.2. The Morgan fingerprint density at radius 3 is 2.50 bits per heavy atom. The van der Waals surface area contributed by atoms with Crippen molar-refractivity contribution in [3.8, 4) is 0 Å². The molecule has 0 aliphatic heterocycles. The van der Waals surface area contributed by atoms with Crippen LogP contribution < -0.4 is 5.32 Å². The van der Waals surface area contributed by atoms with Gasteiger partial charge in [-0.25, -0.2) is 17.8 Å². The third-order valence-electron chi connectivity index (χ3n) is 5.47. The van der Waals surface area contributed by atoms with Crippen molar-refractivity contribution in [1.29, 1.82) is 0 Å². The van der Waals surface area contributed by atoms with Gasteiger partial charge in [-0.3, -0.25) is 4.79 Å². The summed E-state index contributed by atoms with van der Waals surface area (Å²) in [4.78, 5) is 17.1. The first-order valence-corrected chi connectivity index (χ1v) is 12.2. The SMILES string of the molecule is CCN(CC)S(=O)(=O)c1ccc2c(c1)nc(CCC(=O)NCc1ccccc1F)n2CC. The number of imidazole rings is 1. The molecule has 9 heteroatoms. The number of nitrogens with zero attached hydrogens (tertiary/aromatic N) is 3. The zero-order chi connectivity index (χ0) is 23.3. The second-order valence-electron chi connectivity index (χ2n) is 7.38. The predicted molar refractivity (Wildman–Crippen MR) is 122 cm³/mol. The van der Waals surface area contributed by atoms with Gasteiger partial charge in [0.2, 0.25) is 15.9 Å². The van der Waals surface area contributed by atoms with Gasteiger partial charge in [-0.05, 0) is 31.2 Å². The minimum absolute atomic E-state index is 0.127. The van der Waals surface area contributed by atoms with Crippen molar-refractivity contribution in [2.45, 2.75) is 51.6 Å². The molecule has 172 valence electrons. The summed E-state index contributed by atoms with van der Waals surface area (Å²) in [6, 6.07) is 11.3. The maximum Gasteiger partial charge on any atom is 0.243 e. The molecule has 0 aliphatic carbocycles. The van der Waals surface area contributed by atoms with E-state index in [1.165, 1.54) is 10.4 Å². The Bertz CT molecular complexity index is 1200. The lowest BCUT2D eigenvalue weighted by atomic mass is 10.2. The third-order valence-corrected chi connectivity index (χ3v) is 7.51. The molecular formula is C23H29FN4O3S. The van der Waals surface area contributed by atoms with Crippen LogP contribution in [0.5, 0.6) is 0 Å². The average molecular weight is 461 g/mol. The van der Waals surface area contributed by atoms with Gasteiger partial charge in [0.15, 0.2) is 0 Å². The molecule has 0 fully saturated rings. The van der Waals surface area contributed by atoms with Gasteiger partial charge < -0.3 is 9.88 Å². The molecule has 0 bridgehead atoms. The molecule has 1 N–H and O–H groups in total. The minimum atomic E-state index is -3.58. The van der Waals surface area contributed by atoms with E-state index in [2.05, 4.69) is 10.3 Å². The Morgan fingerprint density at radius 1 is 1.12 bits per heavy atom. The quantitative estimate of drug-likeness (QED) is 0.502. The van der Waals surface area contributed by atoms with Crippen LogP contribution in [0, 0.1) is 5.82 Å². The van der Waals surface area contributed by atoms with Crippen LogP contribution >= 0.6 is 0 Å². The zero-order valence-electron chi connectivity index (χ0n) is 18.6. The van der Waals surface area contributed by atoms with Gasteiger partial charge in [0.25, 0.3) is 0 Å². The van der Waals surface area contributed by atoms with E-state index in [4.69, 9.17) is 0 Å². The van der Waals surface area contributed by atoms with E-state index in [1.54, 1.807) is 50.2 Å². The van der Waals surface area contributed by atoms with Crippen LogP contribution in [0.4, 0.5) is 4.39 Å². The molecule has 0 atom stereocenters. The topological polar surface area (TPSA) is 84.3 Å². The van der Waals surface area contributed by atoms with Gasteiger partial charge in [0.05, 0.1) is 15.9 Å². The number of aryl methyl sites for hydroxylation is 2. The summed E-state index contributed by atoms with van der Waals surface area (Å²) >= 11 is 0. The van der Waals surface area contributed by atoms with Crippen LogP contribution in [0.3, 0.4) is 0 Å². The molecule has 3 rings (SSSR count). The number of hydrogen-bond acceptors (Lipinski definition) is 4. The number of fused-ring (bicyclic) bond motifs is 1. The van der Waals surface area contributed by atoms with E-state index in [0.29, 0.717) is 43.0 Å². The van der Waals surface area contributed by atoms with Gasteiger partial charge in [0.1, 0.15) is 11.6 Å². The number of halogens is 1. The molecule has 7 nitrogen and oxygen atoms in total. The van der Waals surface area contributed by atoms with Crippen LogP contribution in [0.2, 0.25) is 0 Å². The van der Waals surface area contributed by atoms with Crippen LogP contribution in [0.25, 0.3) is 11.0 Å². The van der Waals surface area contributed by atoms with E-state index in [1.807, 2.05) is 11.5 Å². The molecule has 32 heavy (non-hydrogen) atoms. The first-order chi connectivity index (χ1) is 15.3. The molecule has 0 saturated carbocycles. The lowest BCUT2D eigenvalue weighted by molar-refractivity contribution is -0.121. The van der Waals surface area contributed by atoms with Gasteiger partial charge in [-0.2, -0.15) is 4.31 Å². The monoisotopic (exact) mass is 460 g/mol. The number of hydrogen-bond donors (Lipinski definition) is 1. The second-order valence-corrected chi connectivity index (χ2v) is 9.32. The highest BCUT2D eigenvalue weighted by Gasteiger charge is 2.23. The number of nitrogens with one attached hydrogen (secondary N) is 1. The Morgan fingerprint density at radius 2 is 1.84 bits per heavy atom. The van der Waals surface area contributed by atoms with Crippen molar-refractivity contribution >= 4 is 27.0 Å². The van der Waals surface area contributed by atoms with Crippen LogP contribution in [0.15, 0.2) is 47.4 Å². The van der Waals surface area contributed by atoms with Crippen molar-refractivity contribution in [2.75, 3.05) is 13.1 Å². The Labute approximate surface area is 188 Å². The fraction of sp³-hybridized carbons (Fsp3) is 0.391. The highest BCUT2D eigenvalue weighted by atomic mass is 32.2. The summed E-state index contributed by atoms with van der Waals surface area (Å²) in [7, 11) is -3.58. The largest absolute Gasteiger partial charge is 0.352 e. The molecule has 1 amide bonds.